The molecule has 1 amide bonds. The summed E-state index contributed by atoms with van der Waals surface area (Å²) >= 11 is 2.84. The number of hydrogen-bond acceptors (Lipinski definition) is 8. The molecule has 0 bridgehead atoms. The average Bonchev–Trinajstić information content (AvgIpc) is 3.63. The number of para-hydroxylation sites is 1. The first-order chi connectivity index (χ1) is 21.5. The van der Waals surface area contributed by atoms with Crippen LogP contribution in [-0.4, -0.2) is 50.9 Å². The molecule has 9 nitrogen and oxygen atoms in total. The first-order valence-electron chi connectivity index (χ1n) is 14.3. The molecule has 0 unspecified atom stereocenters. The SMILES string of the molecule is O=C(Nc1nc2ccccc2s1)c1cccc2c1CN(c1nc(C(=O)O)c(CCCOc3ccc([N+]4=CC=C4)cc3)s1)CC2. The molecule has 4 heterocycles. The molecule has 0 spiro atoms. The Bertz CT molecular complexity index is 1910. The first kappa shape index (κ1) is 27.9. The first-order valence-corrected chi connectivity index (χ1v) is 15.9. The zero-order valence-corrected chi connectivity index (χ0v) is 25.2. The van der Waals surface area contributed by atoms with Gasteiger partial charge in [0.25, 0.3) is 5.91 Å². The number of rotatable bonds is 10. The maximum absolute atomic E-state index is 13.4. The van der Waals surface area contributed by atoms with Crippen molar-refractivity contribution in [1.29, 1.82) is 0 Å². The van der Waals surface area contributed by atoms with E-state index < -0.39 is 5.97 Å². The number of carbonyl (C=O) groups is 2. The summed E-state index contributed by atoms with van der Waals surface area (Å²) in [6.07, 6.45) is 7.89. The third kappa shape index (κ3) is 5.71. The van der Waals surface area contributed by atoms with Crippen LogP contribution in [0.4, 0.5) is 16.0 Å². The van der Waals surface area contributed by atoms with Gasteiger partial charge in [0.15, 0.2) is 28.4 Å². The molecule has 5 aromatic rings. The number of nitrogens with one attached hydrogen (secondary N) is 1. The summed E-state index contributed by atoms with van der Waals surface area (Å²) in [7, 11) is 0. The number of carbonyl (C=O) groups excluding carboxylic acids is 1. The molecule has 2 aromatic heterocycles. The minimum Gasteiger partial charge on any atom is -0.494 e. The van der Waals surface area contributed by atoms with Crippen LogP contribution in [0.5, 0.6) is 5.75 Å². The fourth-order valence-electron chi connectivity index (χ4n) is 5.34. The maximum Gasteiger partial charge on any atom is 0.355 e. The van der Waals surface area contributed by atoms with E-state index in [1.165, 1.54) is 22.7 Å². The highest BCUT2D eigenvalue weighted by Crippen LogP contribution is 2.33. The molecule has 11 heteroatoms. The van der Waals surface area contributed by atoms with Gasteiger partial charge in [-0.2, -0.15) is 4.58 Å². The molecule has 44 heavy (non-hydrogen) atoms. The normalized spacial score (nSPS) is 13.7. The Balaban J connectivity index is 1.02. The van der Waals surface area contributed by atoms with Crippen molar-refractivity contribution in [2.45, 2.75) is 25.8 Å². The highest BCUT2D eigenvalue weighted by Gasteiger charge is 2.26. The molecular weight excluding hydrogens is 595 g/mol. The number of aryl methyl sites for hydroxylation is 1. The van der Waals surface area contributed by atoms with Gasteiger partial charge in [-0.25, -0.2) is 14.8 Å². The minimum atomic E-state index is -1.04. The fourth-order valence-corrected chi connectivity index (χ4v) is 7.32. The van der Waals surface area contributed by atoms with Gasteiger partial charge < -0.3 is 14.7 Å². The van der Waals surface area contributed by atoms with Crippen molar-refractivity contribution >= 4 is 66.9 Å². The second-order valence-electron chi connectivity index (χ2n) is 10.5. The number of benzene rings is 3. The lowest BCUT2D eigenvalue weighted by Crippen LogP contribution is -2.32. The Morgan fingerprint density at radius 1 is 1.02 bits per heavy atom. The summed E-state index contributed by atoms with van der Waals surface area (Å²) in [6, 6.07) is 21.4. The number of aromatic carboxylic acids is 1. The van der Waals surface area contributed by atoms with E-state index in [1.54, 1.807) is 0 Å². The summed E-state index contributed by atoms with van der Waals surface area (Å²) in [6.45, 7) is 1.62. The maximum atomic E-state index is 13.4. The Kier molecular flexibility index (Phi) is 7.63. The van der Waals surface area contributed by atoms with Crippen molar-refractivity contribution in [1.82, 2.24) is 9.97 Å². The monoisotopic (exact) mass is 622 g/mol. The van der Waals surface area contributed by atoms with E-state index in [1.807, 2.05) is 89.8 Å². The molecule has 2 aliphatic heterocycles. The number of carboxylic acids is 1. The Hall–Kier alpha value is -4.87. The molecule has 2 aliphatic rings. The summed E-state index contributed by atoms with van der Waals surface area (Å²) < 4.78 is 8.95. The lowest BCUT2D eigenvalue weighted by atomic mass is 9.94. The molecule has 0 fully saturated rings. The Labute approximate surface area is 261 Å². The number of nitrogens with zero attached hydrogens (tertiary/aromatic N) is 4. The highest BCUT2D eigenvalue weighted by molar-refractivity contribution is 7.22. The third-order valence-corrected chi connectivity index (χ3v) is 9.76. The molecule has 0 radical (unpaired) electrons. The predicted molar refractivity (Wildman–Crippen MR) is 173 cm³/mol. The second-order valence-corrected chi connectivity index (χ2v) is 12.6. The largest absolute Gasteiger partial charge is 0.494 e. The number of aromatic nitrogens is 2. The van der Waals surface area contributed by atoms with Gasteiger partial charge in [-0.05, 0) is 60.7 Å². The van der Waals surface area contributed by atoms with Crippen molar-refractivity contribution in [2.24, 2.45) is 0 Å². The average molecular weight is 623 g/mol. The van der Waals surface area contributed by atoms with Gasteiger partial charge in [-0.3, -0.25) is 10.1 Å². The summed E-state index contributed by atoms with van der Waals surface area (Å²) in [5, 5.41) is 14.1. The van der Waals surface area contributed by atoms with E-state index in [0.717, 1.165) is 44.1 Å². The quantitative estimate of drug-likeness (QED) is 0.135. The Morgan fingerprint density at radius 2 is 1.86 bits per heavy atom. The van der Waals surface area contributed by atoms with Gasteiger partial charge in [-0.1, -0.05) is 35.6 Å². The van der Waals surface area contributed by atoms with Gasteiger partial charge in [0.1, 0.15) is 5.75 Å². The van der Waals surface area contributed by atoms with Crippen LogP contribution in [0.2, 0.25) is 0 Å². The van der Waals surface area contributed by atoms with Crippen LogP contribution in [0.15, 0.2) is 79.0 Å². The van der Waals surface area contributed by atoms with Crippen LogP contribution in [0.25, 0.3) is 10.2 Å². The van der Waals surface area contributed by atoms with Gasteiger partial charge in [0, 0.05) is 35.7 Å². The van der Waals surface area contributed by atoms with Gasteiger partial charge in [0.05, 0.1) is 22.9 Å². The van der Waals surface area contributed by atoms with Crippen molar-refractivity contribution < 1.29 is 24.0 Å². The molecule has 7 rings (SSSR count). The fraction of sp³-hybridized carbons (Fsp3) is 0.182. The van der Waals surface area contributed by atoms with Gasteiger partial charge >= 0.3 is 5.97 Å². The lowest BCUT2D eigenvalue weighted by molar-refractivity contribution is -0.364. The lowest BCUT2D eigenvalue weighted by Gasteiger charge is -2.29. The zero-order chi connectivity index (χ0) is 30.0. The standard InChI is InChI=1S/C33H27N5O4S2/c39-30(36-32-34-26-8-1-2-9-27(26)43-32)24-7-3-6-21-15-18-38(20-25(21)24)33-35-29(31(40)41)28(44-33)10-4-19-42-23-13-11-22(12-14-23)37-16-5-17-37/h1-3,5-9,11-14,16-17H,4,10,15,18-20H2,(H-,34,36,39,40,41)/p+1. The molecule has 0 atom stereocenters. The topological polar surface area (TPSA) is 108 Å². The van der Waals surface area contributed by atoms with Crippen molar-refractivity contribution in [2.75, 3.05) is 23.4 Å². The van der Waals surface area contributed by atoms with Gasteiger partial charge in [-0.15, -0.1) is 11.3 Å². The van der Waals surface area contributed by atoms with E-state index in [0.29, 0.717) is 48.4 Å². The van der Waals surface area contributed by atoms with Crippen molar-refractivity contribution in [3.05, 3.63) is 106 Å². The number of amides is 1. The smallest absolute Gasteiger partial charge is 0.355 e. The summed E-state index contributed by atoms with van der Waals surface area (Å²) in [5.41, 5.74) is 4.63. The number of carboxylic acid groups (broad SMARTS) is 1. The number of thiazole rings is 2. The van der Waals surface area contributed by atoms with Crippen LogP contribution >= 0.6 is 22.7 Å². The second kappa shape index (κ2) is 12.0. The molecule has 220 valence electrons. The number of allylic oxidation sites excluding steroid dienone is 1. The molecule has 2 N–H and O–H groups in total. The van der Waals surface area contributed by atoms with E-state index in [-0.39, 0.29) is 11.6 Å². The minimum absolute atomic E-state index is 0.0841. The summed E-state index contributed by atoms with van der Waals surface area (Å²) in [4.78, 5) is 37.4. The molecular formula is C33H28N5O4S2+. The number of anilines is 2. The zero-order valence-electron chi connectivity index (χ0n) is 23.6. The molecule has 3 aromatic carbocycles. The number of hydrogen-bond donors (Lipinski definition) is 2. The highest BCUT2D eigenvalue weighted by atomic mass is 32.1. The van der Waals surface area contributed by atoms with Crippen LogP contribution in [0.3, 0.4) is 0 Å². The third-order valence-electron chi connectivity index (χ3n) is 7.64. The van der Waals surface area contributed by atoms with Crippen molar-refractivity contribution in [3.63, 3.8) is 0 Å². The summed E-state index contributed by atoms with van der Waals surface area (Å²) in [5.74, 6) is -0.472. The van der Waals surface area contributed by atoms with E-state index >= 15 is 0 Å². The van der Waals surface area contributed by atoms with Crippen LogP contribution < -0.4 is 15.0 Å². The molecule has 0 aliphatic carbocycles. The predicted octanol–water partition coefficient (Wildman–Crippen LogP) is 6.52. The van der Waals surface area contributed by atoms with Crippen LogP contribution in [0, 0.1) is 0 Å². The number of fused-ring (bicyclic) bond motifs is 2. The van der Waals surface area contributed by atoms with E-state index in [9.17, 15) is 14.7 Å². The number of ether oxygens (including phenoxy) is 1. The molecule has 0 saturated carbocycles. The van der Waals surface area contributed by atoms with Gasteiger partial charge in [0.2, 0.25) is 5.69 Å². The van der Waals surface area contributed by atoms with Crippen LogP contribution in [-0.2, 0) is 19.4 Å². The van der Waals surface area contributed by atoms with Crippen LogP contribution in [0.1, 0.15) is 43.3 Å². The molecule has 0 saturated heterocycles. The Morgan fingerprint density at radius 3 is 2.64 bits per heavy atom. The van der Waals surface area contributed by atoms with E-state index in [4.69, 9.17) is 4.74 Å². The van der Waals surface area contributed by atoms with Crippen molar-refractivity contribution in [3.8, 4) is 5.75 Å². The van der Waals surface area contributed by atoms with E-state index in [2.05, 4.69) is 20.2 Å².